The van der Waals surface area contributed by atoms with Crippen LogP contribution < -0.4 is 5.73 Å². The van der Waals surface area contributed by atoms with E-state index in [2.05, 4.69) is 0 Å². The number of hydrogen-bond acceptors (Lipinski definition) is 2. The molecule has 1 aliphatic heterocycles. The van der Waals surface area contributed by atoms with Crippen LogP contribution in [0.25, 0.3) is 0 Å². The van der Waals surface area contributed by atoms with Crippen LogP contribution in [0.1, 0.15) is 25.3 Å². The van der Waals surface area contributed by atoms with Gasteiger partial charge >= 0.3 is 0 Å². The Morgan fingerprint density at radius 1 is 1.60 bits per heavy atom. The molecule has 0 saturated carbocycles. The van der Waals surface area contributed by atoms with E-state index in [-0.39, 0.29) is 23.9 Å². The van der Waals surface area contributed by atoms with Crippen molar-refractivity contribution in [1.29, 1.82) is 0 Å². The van der Waals surface area contributed by atoms with E-state index >= 15 is 0 Å². The van der Waals surface area contributed by atoms with E-state index in [1.807, 2.05) is 6.92 Å². The number of piperidine rings is 1. The minimum absolute atomic E-state index is 0.0111. The highest BCUT2D eigenvalue weighted by Crippen LogP contribution is 2.23. The van der Waals surface area contributed by atoms with E-state index in [1.54, 1.807) is 17.0 Å². The highest BCUT2D eigenvalue weighted by atomic mass is 35.5. The molecular formula is C15H20ClFN2O. The first kappa shape index (κ1) is 15.3. The van der Waals surface area contributed by atoms with Crippen molar-refractivity contribution in [3.8, 4) is 0 Å². The summed E-state index contributed by atoms with van der Waals surface area (Å²) in [6, 6.07) is 4.55. The summed E-state index contributed by atoms with van der Waals surface area (Å²) in [5.74, 6) is -0.183. The lowest BCUT2D eigenvalue weighted by atomic mass is 9.92. The topological polar surface area (TPSA) is 46.3 Å². The summed E-state index contributed by atoms with van der Waals surface area (Å²) in [6.45, 7) is 3.34. The molecule has 20 heavy (non-hydrogen) atoms. The van der Waals surface area contributed by atoms with Crippen molar-refractivity contribution < 1.29 is 9.18 Å². The van der Waals surface area contributed by atoms with Crippen molar-refractivity contribution >= 4 is 17.5 Å². The molecule has 1 aliphatic rings. The van der Waals surface area contributed by atoms with Gasteiger partial charge in [0.05, 0.1) is 6.42 Å². The second-order valence-electron chi connectivity index (χ2n) is 5.48. The second-order valence-corrected chi connectivity index (χ2v) is 5.89. The predicted molar refractivity (Wildman–Crippen MR) is 78.1 cm³/mol. The highest BCUT2D eigenvalue weighted by molar-refractivity contribution is 6.31. The lowest BCUT2D eigenvalue weighted by Crippen LogP contribution is -2.45. The monoisotopic (exact) mass is 298 g/mol. The molecule has 5 heteroatoms. The SMILES string of the molecule is C[C@@H](N)[C@@H]1CCCN(C(=O)Cc2c(F)cccc2Cl)C1. The van der Waals surface area contributed by atoms with Crippen molar-refractivity contribution in [3.05, 3.63) is 34.6 Å². The number of nitrogens with zero attached hydrogens (tertiary/aromatic N) is 1. The summed E-state index contributed by atoms with van der Waals surface area (Å²) in [5, 5.41) is 0.305. The number of amides is 1. The van der Waals surface area contributed by atoms with E-state index in [0.717, 1.165) is 12.8 Å². The van der Waals surface area contributed by atoms with Gasteiger partial charge in [-0.05, 0) is 37.8 Å². The summed E-state index contributed by atoms with van der Waals surface area (Å²) >= 11 is 5.96. The fourth-order valence-corrected chi connectivity index (χ4v) is 2.86. The molecule has 1 saturated heterocycles. The summed E-state index contributed by atoms with van der Waals surface area (Å²) < 4.78 is 13.7. The Hall–Kier alpha value is -1.13. The highest BCUT2D eigenvalue weighted by Gasteiger charge is 2.26. The molecule has 1 heterocycles. The molecule has 1 aromatic rings. The van der Waals surface area contributed by atoms with Crippen LogP contribution in [-0.4, -0.2) is 29.9 Å². The van der Waals surface area contributed by atoms with Gasteiger partial charge in [0, 0.05) is 29.7 Å². The van der Waals surface area contributed by atoms with Crippen LogP contribution in [0.2, 0.25) is 5.02 Å². The van der Waals surface area contributed by atoms with E-state index in [9.17, 15) is 9.18 Å². The maximum absolute atomic E-state index is 13.7. The molecule has 1 fully saturated rings. The van der Waals surface area contributed by atoms with Gasteiger partial charge in [0.2, 0.25) is 5.91 Å². The quantitative estimate of drug-likeness (QED) is 0.932. The number of halogens is 2. The normalized spacial score (nSPS) is 20.8. The molecular weight excluding hydrogens is 279 g/mol. The Bertz CT molecular complexity index is 473. The maximum atomic E-state index is 13.7. The number of carbonyl (C=O) groups is 1. The molecule has 0 aromatic heterocycles. The number of rotatable bonds is 3. The van der Waals surface area contributed by atoms with E-state index in [4.69, 9.17) is 17.3 Å². The third-order valence-electron chi connectivity index (χ3n) is 3.94. The van der Waals surface area contributed by atoms with Gasteiger partial charge in [-0.3, -0.25) is 4.79 Å². The maximum Gasteiger partial charge on any atom is 0.227 e. The average molecular weight is 299 g/mol. The zero-order chi connectivity index (χ0) is 14.7. The summed E-state index contributed by atoms with van der Waals surface area (Å²) in [4.78, 5) is 14.1. The number of hydrogen-bond donors (Lipinski definition) is 1. The fourth-order valence-electron chi connectivity index (χ4n) is 2.63. The molecule has 0 radical (unpaired) electrons. The van der Waals surface area contributed by atoms with Crippen LogP contribution in [-0.2, 0) is 11.2 Å². The summed E-state index contributed by atoms with van der Waals surface area (Å²) in [5.41, 5.74) is 6.19. The average Bonchev–Trinajstić information content (AvgIpc) is 2.43. The van der Waals surface area contributed by atoms with Crippen LogP contribution in [0.3, 0.4) is 0 Å². The van der Waals surface area contributed by atoms with Gasteiger partial charge in [-0.15, -0.1) is 0 Å². The summed E-state index contributed by atoms with van der Waals surface area (Å²) in [6.07, 6.45) is 2.00. The third-order valence-corrected chi connectivity index (χ3v) is 4.30. The Balaban J connectivity index is 2.05. The van der Waals surface area contributed by atoms with Crippen LogP contribution >= 0.6 is 11.6 Å². The molecule has 1 aromatic carbocycles. The van der Waals surface area contributed by atoms with Crippen molar-refractivity contribution in [2.45, 2.75) is 32.2 Å². The molecule has 110 valence electrons. The number of benzene rings is 1. The van der Waals surface area contributed by atoms with Gasteiger partial charge in [-0.25, -0.2) is 4.39 Å². The fraction of sp³-hybridized carbons (Fsp3) is 0.533. The van der Waals surface area contributed by atoms with Gasteiger partial charge < -0.3 is 10.6 Å². The van der Waals surface area contributed by atoms with Gasteiger partial charge in [0.25, 0.3) is 0 Å². The first-order valence-electron chi connectivity index (χ1n) is 6.95. The Kier molecular flexibility index (Phi) is 5.00. The van der Waals surface area contributed by atoms with Crippen LogP contribution in [0.4, 0.5) is 4.39 Å². The zero-order valence-electron chi connectivity index (χ0n) is 11.6. The molecule has 0 unspecified atom stereocenters. The minimum atomic E-state index is -0.424. The van der Waals surface area contributed by atoms with E-state index < -0.39 is 5.82 Å². The van der Waals surface area contributed by atoms with Crippen molar-refractivity contribution in [2.75, 3.05) is 13.1 Å². The lowest BCUT2D eigenvalue weighted by Gasteiger charge is -2.34. The first-order chi connectivity index (χ1) is 9.49. The number of carbonyl (C=O) groups excluding carboxylic acids is 1. The molecule has 0 spiro atoms. The molecule has 2 atom stereocenters. The number of nitrogens with two attached hydrogens (primary N) is 1. The molecule has 2 rings (SSSR count). The van der Waals surface area contributed by atoms with Crippen LogP contribution in [0, 0.1) is 11.7 Å². The molecule has 1 amide bonds. The van der Waals surface area contributed by atoms with Crippen LogP contribution in [0.5, 0.6) is 0 Å². The standard InChI is InChI=1S/C15H20ClFN2O/c1-10(18)11-4-3-7-19(9-11)15(20)8-12-13(16)5-2-6-14(12)17/h2,5-6,10-11H,3-4,7-9,18H2,1H3/t10-,11-/m1/s1. The van der Waals surface area contributed by atoms with Crippen molar-refractivity contribution in [3.63, 3.8) is 0 Å². The largest absolute Gasteiger partial charge is 0.342 e. The van der Waals surface area contributed by atoms with Gasteiger partial charge in [-0.1, -0.05) is 17.7 Å². The van der Waals surface area contributed by atoms with E-state index in [1.165, 1.54) is 6.07 Å². The van der Waals surface area contributed by atoms with E-state index in [0.29, 0.717) is 24.0 Å². The minimum Gasteiger partial charge on any atom is -0.342 e. The first-order valence-corrected chi connectivity index (χ1v) is 7.33. The van der Waals surface area contributed by atoms with Gasteiger partial charge in [0.1, 0.15) is 5.82 Å². The predicted octanol–water partition coefficient (Wildman–Crippen LogP) is 2.61. The molecule has 0 bridgehead atoms. The summed E-state index contributed by atoms with van der Waals surface area (Å²) in [7, 11) is 0. The number of likely N-dealkylation sites (tertiary alicyclic amines) is 1. The molecule has 3 nitrogen and oxygen atoms in total. The smallest absolute Gasteiger partial charge is 0.227 e. The van der Waals surface area contributed by atoms with Crippen molar-refractivity contribution in [2.24, 2.45) is 11.7 Å². The lowest BCUT2D eigenvalue weighted by molar-refractivity contribution is -0.132. The third kappa shape index (κ3) is 3.49. The Morgan fingerprint density at radius 2 is 2.35 bits per heavy atom. The molecule has 0 aliphatic carbocycles. The van der Waals surface area contributed by atoms with Gasteiger partial charge in [0.15, 0.2) is 0 Å². The van der Waals surface area contributed by atoms with Gasteiger partial charge in [-0.2, -0.15) is 0 Å². The zero-order valence-corrected chi connectivity index (χ0v) is 12.4. The Morgan fingerprint density at radius 3 is 3.00 bits per heavy atom. The second kappa shape index (κ2) is 6.55. The Labute approximate surface area is 123 Å². The van der Waals surface area contributed by atoms with Crippen LogP contribution in [0.15, 0.2) is 18.2 Å². The molecule has 2 N–H and O–H groups in total. The van der Waals surface area contributed by atoms with Crippen molar-refractivity contribution in [1.82, 2.24) is 4.90 Å².